The summed E-state index contributed by atoms with van der Waals surface area (Å²) in [5.41, 5.74) is 0.623. The quantitative estimate of drug-likeness (QED) is 0.455. The van der Waals surface area contributed by atoms with Gasteiger partial charge in [0.1, 0.15) is 5.44 Å². The van der Waals surface area contributed by atoms with Gasteiger partial charge in [-0.25, -0.2) is 0 Å². The molecule has 1 aromatic carbocycles. The Morgan fingerprint density at radius 1 is 1.46 bits per heavy atom. The minimum Gasteiger partial charge on any atom is -0.452 e. The summed E-state index contributed by atoms with van der Waals surface area (Å²) in [6.45, 7) is 1.71. The highest BCUT2D eigenvalue weighted by Gasteiger charge is 2.05. The van der Waals surface area contributed by atoms with E-state index in [-0.39, 0.29) is 11.4 Å². The second-order valence-corrected chi connectivity index (χ2v) is 3.48. The molecule has 70 valence electrons. The number of rotatable bonds is 3. The van der Waals surface area contributed by atoms with Gasteiger partial charge in [0.2, 0.25) is 0 Å². The first-order valence-corrected chi connectivity index (χ1v) is 4.61. The number of hydrogen-bond acceptors (Lipinski definition) is 3. The second kappa shape index (κ2) is 4.92. The highest BCUT2D eigenvalue weighted by Crippen LogP contribution is 2.03. The largest absolute Gasteiger partial charge is 0.452 e. The van der Waals surface area contributed by atoms with E-state index in [2.05, 4.69) is 12.6 Å². The molecule has 0 saturated heterocycles. The lowest BCUT2D eigenvalue weighted by atomic mass is 10.2. The first-order valence-electron chi connectivity index (χ1n) is 4.10. The normalized spacial score (nSPS) is 12.2. The van der Waals surface area contributed by atoms with E-state index in [1.807, 2.05) is 30.3 Å². The van der Waals surface area contributed by atoms with Gasteiger partial charge in [-0.1, -0.05) is 30.3 Å². The highest BCUT2D eigenvalue weighted by molar-refractivity contribution is 7.80. The summed E-state index contributed by atoms with van der Waals surface area (Å²) < 4.78 is 4.88. The summed E-state index contributed by atoms with van der Waals surface area (Å²) >= 11 is 3.96. The molecule has 0 amide bonds. The van der Waals surface area contributed by atoms with Crippen molar-refractivity contribution in [1.29, 1.82) is 0 Å². The molecule has 1 rings (SSSR count). The van der Waals surface area contributed by atoms with E-state index in [4.69, 9.17) is 4.74 Å². The first kappa shape index (κ1) is 10.1. The van der Waals surface area contributed by atoms with E-state index in [0.29, 0.717) is 6.42 Å². The predicted molar refractivity (Wildman–Crippen MR) is 54.7 cm³/mol. The van der Waals surface area contributed by atoms with Crippen molar-refractivity contribution in [2.45, 2.75) is 18.8 Å². The standard InChI is InChI=1S/C10H12O2S/c1-8(13)12-10(11)7-9-5-3-2-4-6-9/h2-6,8,13H,7H2,1H3. The molecule has 1 unspecified atom stereocenters. The Morgan fingerprint density at radius 2 is 2.08 bits per heavy atom. The van der Waals surface area contributed by atoms with Crippen LogP contribution in [0.25, 0.3) is 0 Å². The molecule has 0 spiro atoms. The van der Waals surface area contributed by atoms with E-state index in [1.54, 1.807) is 6.92 Å². The van der Waals surface area contributed by atoms with Crippen LogP contribution in [0.1, 0.15) is 12.5 Å². The number of carbonyl (C=O) groups is 1. The zero-order valence-corrected chi connectivity index (χ0v) is 8.33. The van der Waals surface area contributed by atoms with Crippen LogP contribution in [0.2, 0.25) is 0 Å². The Labute approximate surface area is 83.3 Å². The van der Waals surface area contributed by atoms with Gasteiger partial charge in [-0.05, 0) is 12.5 Å². The molecule has 1 aromatic rings. The second-order valence-electron chi connectivity index (χ2n) is 2.75. The van der Waals surface area contributed by atoms with Crippen LogP contribution in [0, 0.1) is 0 Å². The Bertz CT molecular complexity index is 270. The number of carbonyl (C=O) groups excluding carboxylic acids is 1. The Balaban J connectivity index is 2.46. The molecule has 0 saturated carbocycles. The average molecular weight is 196 g/mol. The van der Waals surface area contributed by atoms with Crippen molar-refractivity contribution in [1.82, 2.24) is 0 Å². The van der Waals surface area contributed by atoms with Crippen molar-refractivity contribution in [3.8, 4) is 0 Å². The highest BCUT2D eigenvalue weighted by atomic mass is 32.1. The topological polar surface area (TPSA) is 26.3 Å². The summed E-state index contributed by atoms with van der Waals surface area (Å²) in [5.74, 6) is -0.242. The van der Waals surface area contributed by atoms with E-state index in [0.717, 1.165) is 5.56 Å². The fourth-order valence-electron chi connectivity index (χ4n) is 0.994. The minimum absolute atomic E-state index is 0.242. The lowest BCUT2D eigenvalue weighted by Gasteiger charge is -2.06. The Kier molecular flexibility index (Phi) is 3.83. The zero-order valence-electron chi connectivity index (χ0n) is 7.43. The molecule has 0 N–H and O–H groups in total. The van der Waals surface area contributed by atoms with Crippen molar-refractivity contribution < 1.29 is 9.53 Å². The third kappa shape index (κ3) is 3.99. The number of hydrogen-bond donors (Lipinski definition) is 1. The lowest BCUT2D eigenvalue weighted by molar-refractivity contribution is -0.143. The smallest absolute Gasteiger partial charge is 0.311 e. The molecule has 0 bridgehead atoms. The van der Waals surface area contributed by atoms with Gasteiger partial charge < -0.3 is 4.74 Å². The van der Waals surface area contributed by atoms with Crippen LogP contribution in [0.4, 0.5) is 0 Å². The van der Waals surface area contributed by atoms with E-state index >= 15 is 0 Å². The molecular weight excluding hydrogens is 184 g/mol. The fraction of sp³-hybridized carbons (Fsp3) is 0.300. The van der Waals surface area contributed by atoms with Crippen LogP contribution in [-0.4, -0.2) is 11.4 Å². The first-order chi connectivity index (χ1) is 6.18. The van der Waals surface area contributed by atoms with Gasteiger partial charge in [0, 0.05) is 0 Å². The van der Waals surface area contributed by atoms with Gasteiger partial charge >= 0.3 is 5.97 Å². The third-order valence-electron chi connectivity index (χ3n) is 1.49. The van der Waals surface area contributed by atoms with Crippen molar-refractivity contribution in [3.63, 3.8) is 0 Å². The molecule has 0 heterocycles. The van der Waals surface area contributed by atoms with Crippen LogP contribution in [-0.2, 0) is 16.0 Å². The summed E-state index contributed by atoms with van der Waals surface area (Å²) in [4.78, 5) is 11.2. The lowest BCUT2D eigenvalue weighted by Crippen LogP contribution is -2.11. The zero-order chi connectivity index (χ0) is 9.68. The van der Waals surface area contributed by atoms with Gasteiger partial charge in [-0.2, -0.15) is 0 Å². The Hall–Kier alpha value is -0.960. The summed E-state index contributed by atoms with van der Waals surface area (Å²) in [5, 5.41) is 0. The van der Waals surface area contributed by atoms with Gasteiger partial charge in [0.05, 0.1) is 6.42 Å². The molecule has 0 fully saturated rings. The van der Waals surface area contributed by atoms with Crippen LogP contribution in [0.15, 0.2) is 30.3 Å². The van der Waals surface area contributed by atoms with Crippen molar-refractivity contribution in [2.75, 3.05) is 0 Å². The maximum atomic E-state index is 11.2. The number of thiol groups is 1. The summed E-state index contributed by atoms with van der Waals surface area (Å²) in [7, 11) is 0. The van der Waals surface area contributed by atoms with E-state index < -0.39 is 0 Å². The minimum atomic E-state index is -0.337. The Morgan fingerprint density at radius 3 is 2.62 bits per heavy atom. The monoisotopic (exact) mass is 196 g/mol. The van der Waals surface area contributed by atoms with Gasteiger partial charge in [0.15, 0.2) is 0 Å². The SMILES string of the molecule is CC(S)OC(=O)Cc1ccccc1. The maximum Gasteiger partial charge on any atom is 0.311 e. The van der Waals surface area contributed by atoms with Crippen LogP contribution >= 0.6 is 12.6 Å². The van der Waals surface area contributed by atoms with Gasteiger partial charge in [-0.3, -0.25) is 4.79 Å². The number of benzene rings is 1. The molecule has 1 atom stereocenters. The van der Waals surface area contributed by atoms with Crippen LogP contribution in [0.3, 0.4) is 0 Å². The molecular formula is C10H12O2S. The van der Waals surface area contributed by atoms with Crippen molar-refractivity contribution in [3.05, 3.63) is 35.9 Å². The molecule has 13 heavy (non-hydrogen) atoms. The number of ether oxygens (including phenoxy) is 1. The van der Waals surface area contributed by atoms with Gasteiger partial charge in [-0.15, -0.1) is 12.6 Å². The molecule has 0 aliphatic rings. The maximum absolute atomic E-state index is 11.2. The average Bonchev–Trinajstić information content (AvgIpc) is 2.04. The van der Waals surface area contributed by atoms with Gasteiger partial charge in [0.25, 0.3) is 0 Å². The predicted octanol–water partition coefficient (Wildman–Crippen LogP) is 2.05. The van der Waals surface area contributed by atoms with Crippen molar-refractivity contribution >= 4 is 18.6 Å². The summed E-state index contributed by atoms with van der Waals surface area (Å²) in [6, 6.07) is 9.49. The third-order valence-corrected chi connectivity index (χ3v) is 1.60. The molecule has 0 aliphatic heterocycles. The van der Waals surface area contributed by atoms with Crippen LogP contribution in [0.5, 0.6) is 0 Å². The molecule has 0 aliphatic carbocycles. The molecule has 0 radical (unpaired) electrons. The fourth-order valence-corrected chi connectivity index (χ4v) is 1.11. The van der Waals surface area contributed by atoms with E-state index in [9.17, 15) is 4.79 Å². The molecule has 2 nitrogen and oxygen atoms in total. The summed E-state index contributed by atoms with van der Waals surface area (Å²) in [6.07, 6.45) is 0.311. The molecule has 0 aromatic heterocycles. The molecule has 3 heteroatoms. The van der Waals surface area contributed by atoms with E-state index in [1.165, 1.54) is 0 Å². The van der Waals surface area contributed by atoms with Crippen molar-refractivity contribution in [2.24, 2.45) is 0 Å². The number of esters is 1. The van der Waals surface area contributed by atoms with Crippen LogP contribution < -0.4 is 0 Å².